The molecule has 130 valence electrons. The zero-order valence-electron chi connectivity index (χ0n) is 14.8. The first-order valence-electron chi connectivity index (χ1n) is 8.65. The molecule has 0 aliphatic rings. The predicted molar refractivity (Wildman–Crippen MR) is 106 cm³/mol. The van der Waals surface area contributed by atoms with E-state index >= 15 is 0 Å². The number of carbonyl (C=O) groups is 1. The van der Waals surface area contributed by atoms with Crippen LogP contribution in [0.4, 0.5) is 0 Å². The van der Waals surface area contributed by atoms with Crippen LogP contribution in [0.2, 0.25) is 0 Å². The van der Waals surface area contributed by atoms with E-state index in [-0.39, 0.29) is 5.91 Å². The monoisotopic (exact) mass is 342 g/mol. The lowest BCUT2D eigenvalue weighted by Gasteiger charge is -2.09. The average molecular weight is 342 g/mol. The van der Waals surface area contributed by atoms with Gasteiger partial charge in [-0.15, -0.1) is 0 Å². The maximum absolute atomic E-state index is 12.3. The smallest absolute Gasteiger partial charge is 0.269 e. The van der Waals surface area contributed by atoms with Crippen molar-refractivity contribution in [1.82, 2.24) is 10.9 Å². The van der Waals surface area contributed by atoms with Crippen molar-refractivity contribution in [3.63, 3.8) is 0 Å². The van der Waals surface area contributed by atoms with Gasteiger partial charge in [-0.2, -0.15) is 0 Å². The van der Waals surface area contributed by atoms with Crippen molar-refractivity contribution in [1.29, 1.82) is 0 Å². The second-order valence-electron chi connectivity index (χ2n) is 6.10. The molecule has 26 heavy (non-hydrogen) atoms. The highest BCUT2D eigenvalue weighted by Crippen LogP contribution is 2.19. The molecule has 3 nitrogen and oxygen atoms in total. The summed E-state index contributed by atoms with van der Waals surface area (Å²) in [5.41, 5.74) is 10.7. The van der Waals surface area contributed by atoms with E-state index in [1.807, 2.05) is 73.7 Å². The number of rotatable bonds is 6. The molecule has 0 radical (unpaired) electrons. The van der Waals surface area contributed by atoms with E-state index in [0.717, 1.165) is 23.2 Å². The Bertz CT molecular complexity index is 869. The highest BCUT2D eigenvalue weighted by atomic mass is 16.2. The Morgan fingerprint density at radius 2 is 1.35 bits per heavy atom. The summed E-state index contributed by atoms with van der Waals surface area (Å²) < 4.78 is 0. The average Bonchev–Trinajstić information content (AvgIpc) is 2.72. The standard InChI is InChI=1S/C23H22N2O/c1-18(12-13-19-8-4-2-5-9-19)24-25-23(26)22-16-14-21(15-17-22)20-10-6-3-7-11-20/h2-12,14-17,24H,13H2,1H3,(H,25,26)/b18-12+. The van der Waals surface area contributed by atoms with Crippen molar-refractivity contribution in [2.75, 3.05) is 0 Å². The van der Waals surface area contributed by atoms with Crippen molar-refractivity contribution in [2.24, 2.45) is 0 Å². The number of benzene rings is 3. The third-order valence-corrected chi connectivity index (χ3v) is 4.11. The van der Waals surface area contributed by atoms with Crippen LogP contribution >= 0.6 is 0 Å². The third-order valence-electron chi connectivity index (χ3n) is 4.11. The maximum atomic E-state index is 12.3. The first-order valence-corrected chi connectivity index (χ1v) is 8.65. The zero-order valence-corrected chi connectivity index (χ0v) is 14.8. The normalized spacial score (nSPS) is 11.0. The van der Waals surface area contributed by atoms with Gasteiger partial charge in [-0.05, 0) is 42.2 Å². The minimum Gasteiger partial charge on any atom is -0.303 e. The van der Waals surface area contributed by atoms with E-state index in [1.165, 1.54) is 5.56 Å². The van der Waals surface area contributed by atoms with Crippen LogP contribution in [0.3, 0.4) is 0 Å². The second-order valence-corrected chi connectivity index (χ2v) is 6.10. The van der Waals surface area contributed by atoms with E-state index in [9.17, 15) is 4.79 Å². The van der Waals surface area contributed by atoms with Crippen LogP contribution < -0.4 is 10.9 Å². The molecule has 3 aromatic carbocycles. The van der Waals surface area contributed by atoms with Gasteiger partial charge in [0.2, 0.25) is 0 Å². The van der Waals surface area contributed by atoms with Crippen LogP contribution in [-0.2, 0) is 6.42 Å². The molecule has 0 spiro atoms. The first kappa shape index (κ1) is 17.5. The van der Waals surface area contributed by atoms with Crippen LogP contribution in [0.1, 0.15) is 22.8 Å². The molecule has 3 aromatic rings. The van der Waals surface area contributed by atoms with Gasteiger partial charge < -0.3 is 5.43 Å². The van der Waals surface area contributed by atoms with E-state index in [1.54, 1.807) is 0 Å². The largest absolute Gasteiger partial charge is 0.303 e. The molecule has 2 N–H and O–H groups in total. The Kier molecular flexibility index (Phi) is 5.84. The topological polar surface area (TPSA) is 41.1 Å². The molecule has 3 rings (SSSR count). The Morgan fingerprint density at radius 1 is 0.769 bits per heavy atom. The molecule has 0 unspecified atom stereocenters. The highest BCUT2D eigenvalue weighted by Gasteiger charge is 2.05. The summed E-state index contributed by atoms with van der Waals surface area (Å²) in [7, 11) is 0. The van der Waals surface area contributed by atoms with Crippen molar-refractivity contribution < 1.29 is 4.79 Å². The number of nitrogens with one attached hydrogen (secondary N) is 2. The van der Waals surface area contributed by atoms with Crippen LogP contribution in [0.15, 0.2) is 96.7 Å². The van der Waals surface area contributed by atoms with Crippen molar-refractivity contribution in [3.05, 3.63) is 108 Å². The van der Waals surface area contributed by atoms with Gasteiger partial charge in [0.1, 0.15) is 0 Å². The van der Waals surface area contributed by atoms with E-state index in [2.05, 4.69) is 35.1 Å². The summed E-state index contributed by atoms with van der Waals surface area (Å²) in [5, 5.41) is 0. The molecule has 0 aliphatic carbocycles. The number of carbonyl (C=O) groups excluding carboxylic acids is 1. The summed E-state index contributed by atoms with van der Waals surface area (Å²) in [5.74, 6) is -0.155. The fraction of sp³-hybridized carbons (Fsp3) is 0.0870. The fourth-order valence-electron chi connectivity index (χ4n) is 2.61. The number of allylic oxidation sites excluding steroid dienone is 2. The van der Waals surface area contributed by atoms with Crippen LogP contribution in [0.25, 0.3) is 11.1 Å². The summed E-state index contributed by atoms with van der Waals surface area (Å²) in [4.78, 5) is 12.3. The number of hydrogen-bond acceptors (Lipinski definition) is 2. The Labute approximate surface area is 154 Å². The van der Waals surface area contributed by atoms with Gasteiger partial charge in [-0.25, -0.2) is 0 Å². The Balaban J connectivity index is 1.54. The van der Waals surface area contributed by atoms with Crippen LogP contribution in [0, 0.1) is 0 Å². The fourth-order valence-corrected chi connectivity index (χ4v) is 2.61. The summed E-state index contributed by atoms with van der Waals surface area (Å²) in [6.45, 7) is 1.93. The lowest BCUT2D eigenvalue weighted by Crippen LogP contribution is -2.36. The molecule has 1 amide bonds. The number of hydrazine groups is 1. The molecule has 0 aromatic heterocycles. The molecule has 3 heteroatoms. The molecular weight excluding hydrogens is 320 g/mol. The number of amides is 1. The van der Waals surface area contributed by atoms with Crippen LogP contribution in [-0.4, -0.2) is 5.91 Å². The molecule has 0 saturated carbocycles. The summed E-state index contributed by atoms with van der Waals surface area (Å²) >= 11 is 0. The van der Waals surface area contributed by atoms with Crippen molar-refractivity contribution in [3.8, 4) is 11.1 Å². The molecule has 0 heterocycles. The van der Waals surface area contributed by atoms with E-state index in [0.29, 0.717) is 5.56 Å². The highest BCUT2D eigenvalue weighted by molar-refractivity contribution is 5.94. The Hall–Kier alpha value is -3.33. The second kappa shape index (κ2) is 8.67. The van der Waals surface area contributed by atoms with E-state index in [4.69, 9.17) is 0 Å². The Morgan fingerprint density at radius 3 is 2.00 bits per heavy atom. The minimum absolute atomic E-state index is 0.155. The molecule has 0 saturated heterocycles. The molecule has 0 aliphatic heterocycles. The van der Waals surface area contributed by atoms with Gasteiger partial charge in [0.25, 0.3) is 5.91 Å². The van der Waals surface area contributed by atoms with Gasteiger partial charge in [0, 0.05) is 11.3 Å². The van der Waals surface area contributed by atoms with Crippen molar-refractivity contribution >= 4 is 5.91 Å². The van der Waals surface area contributed by atoms with Gasteiger partial charge >= 0.3 is 0 Å². The van der Waals surface area contributed by atoms with Gasteiger partial charge in [-0.3, -0.25) is 10.2 Å². The molecular formula is C23H22N2O. The first-order chi connectivity index (χ1) is 12.7. The quantitative estimate of drug-likeness (QED) is 0.636. The van der Waals surface area contributed by atoms with Gasteiger partial charge in [0.15, 0.2) is 0 Å². The van der Waals surface area contributed by atoms with E-state index < -0.39 is 0 Å². The summed E-state index contributed by atoms with van der Waals surface area (Å²) in [6.07, 6.45) is 2.87. The lowest BCUT2D eigenvalue weighted by atomic mass is 10.0. The van der Waals surface area contributed by atoms with Gasteiger partial charge in [0.05, 0.1) is 0 Å². The van der Waals surface area contributed by atoms with Crippen molar-refractivity contribution in [2.45, 2.75) is 13.3 Å². The van der Waals surface area contributed by atoms with Gasteiger partial charge in [-0.1, -0.05) is 78.9 Å². The lowest BCUT2D eigenvalue weighted by molar-refractivity contribution is 0.0939. The third kappa shape index (κ3) is 4.84. The molecule has 0 bridgehead atoms. The van der Waals surface area contributed by atoms with Crippen LogP contribution in [0.5, 0.6) is 0 Å². The zero-order chi connectivity index (χ0) is 18.2. The molecule has 0 atom stereocenters. The maximum Gasteiger partial charge on any atom is 0.269 e. The summed E-state index contributed by atoms with van der Waals surface area (Å²) in [6, 6.07) is 27.9. The number of hydrogen-bond donors (Lipinski definition) is 2. The predicted octanol–water partition coefficient (Wildman–Crippen LogP) is 4.73. The SMILES string of the molecule is C/C(=C\Cc1ccccc1)NNC(=O)c1ccc(-c2ccccc2)cc1. The molecule has 0 fully saturated rings. The minimum atomic E-state index is -0.155.